The molecule has 3 aromatic rings. The minimum absolute atomic E-state index is 0.123. The van der Waals surface area contributed by atoms with Gasteiger partial charge in [0.05, 0.1) is 10.6 Å². The van der Waals surface area contributed by atoms with Crippen molar-refractivity contribution in [1.82, 2.24) is 15.1 Å². The molecular weight excluding hydrogens is 382 g/mol. The molecule has 1 saturated heterocycles. The molecular formula is C22H21N5O3. The van der Waals surface area contributed by atoms with Gasteiger partial charge in [-0.1, -0.05) is 36.4 Å². The number of para-hydroxylation sites is 1. The van der Waals surface area contributed by atoms with Gasteiger partial charge in [-0.15, -0.1) is 10.2 Å². The van der Waals surface area contributed by atoms with Crippen molar-refractivity contribution in [3.63, 3.8) is 0 Å². The van der Waals surface area contributed by atoms with E-state index in [4.69, 9.17) is 0 Å². The van der Waals surface area contributed by atoms with Crippen molar-refractivity contribution in [2.45, 2.75) is 6.92 Å². The average Bonchev–Trinajstić information content (AvgIpc) is 2.79. The molecule has 152 valence electrons. The lowest BCUT2D eigenvalue weighted by Crippen LogP contribution is -2.49. The van der Waals surface area contributed by atoms with Crippen molar-refractivity contribution in [2.75, 3.05) is 31.1 Å². The molecule has 2 heterocycles. The van der Waals surface area contributed by atoms with Crippen LogP contribution in [0.4, 0.5) is 11.5 Å². The number of hydrogen-bond acceptors (Lipinski definition) is 6. The molecule has 8 heteroatoms. The van der Waals surface area contributed by atoms with Gasteiger partial charge >= 0.3 is 0 Å². The molecule has 1 aliphatic heterocycles. The first-order valence-electron chi connectivity index (χ1n) is 9.72. The van der Waals surface area contributed by atoms with Crippen molar-refractivity contribution in [3.05, 3.63) is 81.9 Å². The number of nitrogens with zero attached hydrogens (tertiary/aromatic N) is 5. The number of anilines is 1. The third-order valence-electron chi connectivity index (χ3n) is 5.29. The van der Waals surface area contributed by atoms with E-state index >= 15 is 0 Å². The maximum atomic E-state index is 12.8. The van der Waals surface area contributed by atoms with E-state index in [-0.39, 0.29) is 17.2 Å². The average molecular weight is 403 g/mol. The van der Waals surface area contributed by atoms with Crippen molar-refractivity contribution < 1.29 is 9.72 Å². The fourth-order valence-electron chi connectivity index (χ4n) is 3.62. The Hall–Kier alpha value is -3.81. The van der Waals surface area contributed by atoms with Crippen molar-refractivity contribution in [2.24, 2.45) is 0 Å². The molecule has 2 aromatic carbocycles. The second-order valence-corrected chi connectivity index (χ2v) is 7.15. The van der Waals surface area contributed by atoms with Crippen LogP contribution in [0.1, 0.15) is 15.9 Å². The first kappa shape index (κ1) is 19.5. The Morgan fingerprint density at radius 3 is 2.30 bits per heavy atom. The molecule has 4 rings (SSSR count). The maximum Gasteiger partial charge on any atom is 0.282 e. The molecule has 8 nitrogen and oxygen atoms in total. The van der Waals surface area contributed by atoms with Crippen LogP contribution in [0, 0.1) is 17.0 Å². The molecule has 0 atom stereocenters. The Morgan fingerprint density at radius 1 is 0.933 bits per heavy atom. The van der Waals surface area contributed by atoms with E-state index in [0.29, 0.717) is 26.2 Å². The van der Waals surface area contributed by atoms with Crippen LogP contribution in [-0.2, 0) is 0 Å². The van der Waals surface area contributed by atoms with Crippen molar-refractivity contribution in [1.29, 1.82) is 0 Å². The molecule has 0 N–H and O–H groups in total. The number of benzene rings is 2. The largest absolute Gasteiger partial charge is 0.352 e. The minimum atomic E-state index is -0.519. The molecule has 0 bridgehead atoms. The lowest BCUT2D eigenvalue weighted by atomic mass is 10.1. The SMILES string of the molecule is Cc1ccccc1-c1ccc(N2CCN(C(=O)c3ccccc3[N+](=O)[O-])CC2)nn1. The van der Waals surface area contributed by atoms with Gasteiger partial charge in [-0.2, -0.15) is 0 Å². The number of amides is 1. The number of piperazine rings is 1. The Morgan fingerprint density at radius 2 is 1.63 bits per heavy atom. The summed E-state index contributed by atoms with van der Waals surface area (Å²) in [5.74, 6) is 0.438. The number of nitro benzene ring substituents is 1. The number of nitro groups is 1. The summed E-state index contributed by atoms with van der Waals surface area (Å²) < 4.78 is 0. The Bertz CT molecular complexity index is 1080. The van der Waals surface area contributed by atoms with Crippen LogP contribution in [0.15, 0.2) is 60.7 Å². The summed E-state index contributed by atoms with van der Waals surface area (Å²) in [6, 6.07) is 18.0. The van der Waals surface area contributed by atoms with Gasteiger partial charge in [0.2, 0.25) is 0 Å². The number of carbonyl (C=O) groups is 1. The second kappa shape index (κ2) is 8.28. The molecule has 1 amide bonds. The van der Waals surface area contributed by atoms with Crippen molar-refractivity contribution >= 4 is 17.4 Å². The van der Waals surface area contributed by atoms with E-state index in [0.717, 1.165) is 22.6 Å². The van der Waals surface area contributed by atoms with Crippen LogP contribution in [0.5, 0.6) is 0 Å². The highest BCUT2D eigenvalue weighted by molar-refractivity contribution is 5.98. The molecule has 0 radical (unpaired) electrons. The van der Waals surface area contributed by atoms with E-state index in [9.17, 15) is 14.9 Å². The van der Waals surface area contributed by atoms with Gasteiger partial charge in [0, 0.05) is 37.8 Å². The standard InChI is InChI=1S/C22H21N5O3/c1-16-6-2-3-7-17(16)19-10-11-21(24-23-19)25-12-14-26(15-13-25)22(28)18-8-4-5-9-20(18)27(29)30/h2-11H,12-15H2,1H3. The Labute approximate surface area is 173 Å². The molecule has 0 spiro atoms. The first-order chi connectivity index (χ1) is 14.5. The minimum Gasteiger partial charge on any atom is -0.352 e. The molecule has 30 heavy (non-hydrogen) atoms. The maximum absolute atomic E-state index is 12.8. The summed E-state index contributed by atoms with van der Waals surface area (Å²) in [7, 11) is 0. The third kappa shape index (κ3) is 3.84. The summed E-state index contributed by atoms with van der Waals surface area (Å²) in [6.07, 6.45) is 0. The first-order valence-corrected chi connectivity index (χ1v) is 9.72. The quantitative estimate of drug-likeness (QED) is 0.490. The molecule has 1 aromatic heterocycles. The molecule has 1 aliphatic rings. The van der Waals surface area contributed by atoms with Crippen LogP contribution in [0.2, 0.25) is 0 Å². The Kier molecular flexibility index (Phi) is 5.38. The fraction of sp³-hybridized carbons (Fsp3) is 0.227. The van der Waals surface area contributed by atoms with Crippen LogP contribution in [0.3, 0.4) is 0 Å². The van der Waals surface area contributed by atoms with Gasteiger partial charge in [0.25, 0.3) is 11.6 Å². The zero-order valence-corrected chi connectivity index (χ0v) is 16.6. The van der Waals surface area contributed by atoms with E-state index in [1.54, 1.807) is 17.0 Å². The zero-order valence-electron chi connectivity index (χ0n) is 16.6. The smallest absolute Gasteiger partial charge is 0.282 e. The highest BCUT2D eigenvalue weighted by Gasteiger charge is 2.27. The second-order valence-electron chi connectivity index (χ2n) is 7.15. The Balaban J connectivity index is 1.43. The third-order valence-corrected chi connectivity index (χ3v) is 5.29. The van der Waals surface area contributed by atoms with Gasteiger partial charge in [-0.05, 0) is 30.7 Å². The van der Waals surface area contributed by atoms with Gasteiger partial charge < -0.3 is 9.80 Å². The van der Waals surface area contributed by atoms with Gasteiger partial charge in [0.15, 0.2) is 5.82 Å². The topological polar surface area (TPSA) is 92.5 Å². The zero-order chi connectivity index (χ0) is 21.1. The van der Waals surface area contributed by atoms with Crippen LogP contribution in [-0.4, -0.2) is 52.1 Å². The normalized spacial score (nSPS) is 13.9. The van der Waals surface area contributed by atoms with Crippen molar-refractivity contribution in [3.8, 4) is 11.3 Å². The highest BCUT2D eigenvalue weighted by Crippen LogP contribution is 2.23. The van der Waals surface area contributed by atoms with Crippen LogP contribution >= 0.6 is 0 Å². The number of rotatable bonds is 4. The monoisotopic (exact) mass is 403 g/mol. The fourth-order valence-corrected chi connectivity index (χ4v) is 3.62. The number of hydrogen-bond donors (Lipinski definition) is 0. The van der Waals surface area contributed by atoms with E-state index in [1.807, 2.05) is 43.3 Å². The summed E-state index contributed by atoms with van der Waals surface area (Å²) in [5, 5.41) is 19.9. The predicted octanol–water partition coefficient (Wildman–Crippen LogP) is 3.32. The number of aromatic nitrogens is 2. The van der Waals surface area contributed by atoms with Crippen LogP contribution < -0.4 is 4.90 Å². The summed E-state index contributed by atoms with van der Waals surface area (Å²) in [4.78, 5) is 27.2. The number of carbonyl (C=O) groups excluding carboxylic acids is 1. The van der Waals surface area contributed by atoms with Crippen LogP contribution in [0.25, 0.3) is 11.3 Å². The lowest BCUT2D eigenvalue weighted by Gasteiger charge is -2.35. The molecule has 0 saturated carbocycles. The molecule has 1 fully saturated rings. The van der Waals surface area contributed by atoms with E-state index in [2.05, 4.69) is 15.1 Å². The summed E-state index contributed by atoms with van der Waals surface area (Å²) in [6.45, 7) is 4.14. The van der Waals surface area contributed by atoms with Gasteiger partial charge in [0.1, 0.15) is 5.56 Å². The number of aryl methyl sites for hydroxylation is 1. The van der Waals surface area contributed by atoms with Gasteiger partial charge in [-0.25, -0.2) is 0 Å². The molecule has 0 aliphatic carbocycles. The lowest BCUT2D eigenvalue weighted by molar-refractivity contribution is -0.385. The summed E-state index contributed by atoms with van der Waals surface area (Å²) in [5.41, 5.74) is 2.97. The predicted molar refractivity (Wildman–Crippen MR) is 113 cm³/mol. The molecule has 0 unspecified atom stereocenters. The van der Waals surface area contributed by atoms with E-state index in [1.165, 1.54) is 12.1 Å². The highest BCUT2D eigenvalue weighted by atomic mass is 16.6. The van der Waals surface area contributed by atoms with E-state index < -0.39 is 4.92 Å². The summed E-state index contributed by atoms with van der Waals surface area (Å²) >= 11 is 0. The van der Waals surface area contributed by atoms with Gasteiger partial charge in [-0.3, -0.25) is 14.9 Å².